The second kappa shape index (κ2) is 7.23. The number of nitrogens with zero attached hydrogens (tertiary/aromatic N) is 4. The van der Waals surface area contributed by atoms with Crippen LogP contribution in [0.1, 0.15) is 55.4 Å². The highest BCUT2D eigenvalue weighted by molar-refractivity contribution is 6.35. The maximum atomic E-state index is 12.7. The molecule has 3 heterocycles. The van der Waals surface area contributed by atoms with Crippen LogP contribution >= 0.6 is 11.6 Å². The Morgan fingerprint density at radius 2 is 2.00 bits per heavy atom. The maximum Gasteiger partial charge on any atom is 0.252 e. The van der Waals surface area contributed by atoms with Gasteiger partial charge >= 0.3 is 0 Å². The first-order chi connectivity index (χ1) is 14.5. The van der Waals surface area contributed by atoms with Gasteiger partial charge in [0.1, 0.15) is 5.65 Å². The van der Waals surface area contributed by atoms with Crippen molar-refractivity contribution < 1.29 is 9.90 Å². The van der Waals surface area contributed by atoms with Gasteiger partial charge in [-0.1, -0.05) is 30.9 Å². The fourth-order valence-corrected chi connectivity index (χ4v) is 5.07. The van der Waals surface area contributed by atoms with E-state index in [0.717, 1.165) is 56.0 Å². The molecule has 0 atom stereocenters. The number of carbonyl (C=O) groups excluding carboxylic acids is 1. The molecule has 2 aliphatic carbocycles. The Kier molecular flexibility index (Phi) is 4.65. The van der Waals surface area contributed by atoms with E-state index in [1.807, 2.05) is 18.3 Å². The van der Waals surface area contributed by atoms with Gasteiger partial charge in [0.05, 0.1) is 23.3 Å². The Balaban J connectivity index is 1.58. The summed E-state index contributed by atoms with van der Waals surface area (Å²) in [5.41, 5.74) is -0.369. The fourth-order valence-electron chi connectivity index (χ4n) is 4.82. The Morgan fingerprint density at radius 1 is 1.23 bits per heavy atom. The average molecular weight is 427 g/mol. The Bertz CT molecular complexity index is 1190. The SMILES string of the molecule is O=C(c1nn(CC2(n3cc(Cl)c4cccnc43)CCCC2)cc(O)c1=O)C1CCC1. The molecule has 8 heteroatoms. The second-order valence-corrected chi connectivity index (χ2v) is 8.94. The molecule has 0 bridgehead atoms. The molecule has 0 aliphatic heterocycles. The number of ketones is 1. The number of hydrogen-bond acceptors (Lipinski definition) is 5. The summed E-state index contributed by atoms with van der Waals surface area (Å²) >= 11 is 6.48. The highest BCUT2D eigenvalue weighted by atomic mass is 35.5. The van der Waals surface area contributed by atoms with Crippen molar-refractivity contribution in [2.24, 2.45) is 5.92 Å². The normalized spacial score (nSPS) is 18.6. The Labute approximate surface area is 178 Å². The molecular formula is C22H23ClN4O3. The molecule has 3 aromatic heterocycles. The van der Waals surface area contributed by atoms with Gasteiger partial charge in [0.15, 0.2) is 17.2 Å². The lowest BCUT2D eigenvalue weighted by Crippen LogP contribution is -2.37. The van der Waals surface area contributed by atoms with Crippen molar-refractivity contribution in [3.8, 4) is 5.75 Å². The standard InChI is InChI=1S/C22H23ClN4O3/c23-16-11-27(21-15(16)7-4-10-24-21)22(8-1-2-9-22)13-26-12-17(28)20(30)18(25-26)19(29)14-5-3-6-14/h4,7,10-12,14,28H,1-3,5-6,8-9,13H2. The minimum Gasteiger partial charge on any atom is -0.503 e. The molecule has 0 aromatic carbocycles. The van der Waals surface area contributed by atoms with Crippen molar-refractivity contribution in [2.45, 2.75) is 57.0 Å². The molecule has 0 spiro atoms. The lowest BCUT2D eigenvalue weighted by atomic mass is 9.81. The molecule has 2 aliphatic rings. The zero-order valence-corrected chi connectivity index (χ0v) is 17.3. The molecule has 0 amide bonds. The van der Waals surface area contributed by atoms with E-state index in [-0.39, 0.29) is 22.9 Å². The van der Waals surface area contributed by atoms with E-state index in [4.69, 9.17) is 11.6 Å². The van der Waals surface area contributed by atoms with E-state index in [1.165, 1.54) is 6.20 Å². The van der Waals surface area contributed by atoms with E-state index >= 15 is 0 Å². The Hall–Kier alpha value is -2.67. The van der Waals surface area contributed by atoms with Crippen LogP contribution in [-0.4, -0.2) is 30.2 Å². The van der Waals surface area contributed by atoms with Crippen LogP contribution in [0.2, 0.25) is 5.02 Å². The predicted octanol–water partition coefficient (Wildman–Crippen LogP) is 3.90. The van der Waals surface area contributed by atoms with E-state index in [2.05, 4.69) is 14.6 Å². The summed E-state index contributed by atoms with van der Waals surface area (Å²) in [7, 11) is 0. The van der Waals surface area contributed by atoms with Crippen LogP contribution in [0.3, 0.4) is 0 Å². The summed E-state index contributed by atoms with van der Waals surface area (Å²) in [5, 5.41) is 16.2. The highest BCUT2D eigenvalue weighted by Gasteiger charge is 2.38. The Morgan fingerprint density at radius 3 is 2.70 bits per heavy atom. The van der Waals surface area contributed by atoms with Gasteiger partial charge < -0.3 is 9.67 Å². The van der Waals surface area contributed by atoms with Gasteiger partial charge in [0, 0.05) is 23.7 Å². The number of pyridine rings is 1. The van der Waals surface area contributed by atoms with E-state index in [0.29, 0.717) is 11.6 Å². The molecule has 0 unspecified atom stereocenters. The monoisotopic (exact) mass is 426 g/mol. The van der Waals surface area contributed by atoms with Crippen LogP contribution in [0.25, 0.3) is 11.0 Å². The number of aromatic nitrogens is 4. The molecule has 0 radical (unpaired) electrons. The first-order valence-electron chi connectivity index (χ1n) is 10.5. The topological polar surface area (TPSA) is 90.0 Å². The average Bonchev–Trinajstić information content (AvgIpc) is 3.29. The van der Waals surface area contributed by atoms with Gasteiger partial charge in [0.2, 0.25) is 0 Å². The number of halogens is 1. The van der Waals surface area contributed by atoms with E-state index in [1.54, 1.807) is 10.9 Å². The maximum absolute atomic E-state index is 12.7. The molecular weight excluding hydrogens is 404 g/mol. The van der Waals surface area contributed by atoms with Crippen LogP contribution in [0, 0.1) is 5.92 Å². The number of hydrogen-bond donors (Lipinski definition) is 1. The first-order valence-corrected chi connectivity index (χ1v) is 10.8. The van der Waals surface area contributed by atoms with Crippen LogP contribution in [0.15, 0.2) is 35.5 Å². The van der Waals surface area contributed by atoms with Crippen LogP contribution in [0.5, 0.6) is 5.75 Å². The molecule has 2 saturated carbocycles. The van der Waals surface area contributed by atoms with E-state index in [9.17, 15) is 14.7 Å². The third-order valence-corrected chi connectivity index (χ3v) is 6.97. The smallest absolute Gasteiger partial charge is 0.252 e. The van der Waals surface area contributed by atoms with Crippen LogP contribution in [0.4, 0.5) is 0 Å². The van der Waals surface area contributed by atoms with Gasteiger partial charge in [-0.15, -0.1) is 0 Å². The summed E-state index contributed by atoms with van der Waals surface area (Å²) in [4.78, 5) is 29.6. The predicted molar refractivity (Wildman–Crippen MR) is 113 cm³/mol. The number of rotatable bonds is 5. The third kappa shape index (κ3) is 3.03. The molecule has 3 aromatic rings. The number of carbonyl (C=O) groups is 1. The minimum atomic E-state index is -0.681. The van der Waals surface area contributed by atoms with Gasteiger partial charge in [-0.25, -0.2) is 4.98 Å². The molecule has 0 saturated heterocycles. The molecule has 1 N–H and O–H groups in total. The molecule has 30 heavy (non-hydrogen) atoms. The number of fused-ring (bicyclic) bond motifs is 1. The first kappa shape index (κ1) is 19.3. The summed E-state index contributed by atoms with van der Waals surface area (Å²) in [6.45, 7) is 0.419. The second-order valence-electron chi connectivity index (χ2n) is 8.53. The lowest BCUT2D eigenvalue weighted by molar-refractivity contribution is 0.0843. The quantitative estimate of drug-likeness (QED) is 0.625. The van der Waals surface area contributed by atoms with Gasteiger partial charge in [-0.3, -0.25) is 14.3 Å². The largest absolute Gasteiger partial charge is 0.503 e. The van der Waals surface area contributed by atoms with Crippen molar-refractivity contribution in [2.75, 3.05) is 0 Å². The molecule has 7 nitrogen and oxygen atoms in total. The molecule has 5 rings (SSSR count). The zero-order valence-electron chi connectivity index (χ0n) is 16.6. The summed E-state index contributed by atoms with van der Waals surface area (Å²) in [5.74, 6) is -0.848. The van der Waals surface area contributed by atoms with Gasteiger partial charge in [-0.05, 0) is 37.8 Å². The number of Topliss-reactive ketones (excluding diaryl/α,β-unsaturated/α-hetero) is 1. The summed E-state index contributed by atoms with van der Waals surface area (Å²) < 4.78 is 3.67. The summed E-state index contributed by atoms with van der Waals surface area (Å²) in [6.07, 6.45) is 11.4. The number of aromatic hydroxyl groups is 1. The molecule has 2 fully saturated rings. The van der Waals surface area contributed by atoms with Crippen LogP contribution in [-0.2, 0) is 12.1 Å². The lowest BCUT2D eigenvalue weighted by Gasteiger charge is -2.32. The summed E-state index contributed by atoms with van der Waals surface area (Å²) in [6, 6.07) is 3.81. The molecule has 156 valence electrons. The van der Waals surface area contributed by atoms with Crippen molar-refractivity contribution in [1.29, 1.82) is 0 Å². The van der Waals surface area contributed by atoms with Crippen molar-refractivity contribution in [3.05, 3.63) is 51.7 Å². The van der Waals surface area contributed by atoms with Gasteiger partial charge in [-0.2, -0.15) is 5.10 Å². The van der Waals surface area contributed by atoms with E-state index < -0.39 is 11.2 Å². The fraction of sp³-hybridized carbons (Fsp3) is 0.455. The minimum absolute atomic E-state index is 0.152. The van der Waals surface area contributed by atoms with Crippen molar-refractivity contribution >= 4 is 28.4 Å². The van der Waals surface area contributed by atoms with Gasteiger partial charge in [0.25, 0.3) is 5.43 Å². The highest BCUT2D eigenvalue weighted by Crippen LogP contribution is 2.41. The van der Waals surface area contributed by atoms with Crippen molar-refractivity contribution in [3.63, 3.8) is 0 Å². The third-order valence-electron chi connectivity index (χ3n) is 6.67. The van der Waals surface area contributed by atoms with Crippen LogP contribution < -0.4 is 5.43 Å². The van der Waals surface area contributed by atoms with Crippen molar-refractivity contribution in [1.82, 2.24) is 19.3 Å². The zero-order chi connectivity index (χ0) is 20.9.